The first-order chi connectivity index (χ1) is 12.3. The number of urea groups is 1. The van der Waals surface area contributed by atoms with E-state index in [1.54, 1.807) is 0 Å². The largest absolute Gasteiger partial charge is 0.507 e. The summed E-state index contributed by atoms with van der Waals surface area (Å²) in [5.74, 6) is -1.12. The van der Waals surface area contributed by atoms with Gasteiger partial charge in [-0.15, -0.1) is 0 Å². The number of imide groups is 1. The maximum atomic E-state index is 12.5. The predicted octanol–water partition coefficient (Wildman–Crippen LogP) is 1.77. The lowest BCUT2D eigenvalue weighted by Crippen LogP contribution is -2.39. The van der Waals surface area contributed by atoms with E-state index in [1.807, 2.05) is 5.32 Å². The number of hydrogen-bond donors (Lipinski definition) is 4. The SMILES string of the molecule is CNC(=O)NC(=O)Oc1ccc(C(=O)c2ccc(OC)cc2O)c(O)c1. The molecule has 2 aromatic carbocycles. The van der Waals surface area contributed by atoms with Gasteiger partial charge in [-0.2, -0.15) is 0 Å². The Morgan fingerprint density at radius 3 is 1.96 bits per heavy atom. The Morgan fingerprint density at radius 2 is 1.46 bits per heavy atom. The summed E-state index contributed by atoms with van der Waals surface area (Å²) in [6.07, 6.45) is -1.06. The van der Waals surface area contributed by atoms with Crippen molar-refractivity contribution in [3.05, 3.63) is 47.5 Å². The van der Waals surface area contributed by atoms with E-state index in [2.05, 4.69) is 5.32 Å². The monoisotopic (exact) mass is 360 g/mol. The molecule has 0 radical (unpaired) electrons. The van der Waals surface area contributed by atoms with Gasteiger partial charge in [0.15, 0.2) is 5.78 Å². The molecule has 0 heterocycles. The molecule has 0 bridgehead atoms. The number of aromatic hydroxyl groups is 2. The Bertz CT molecular complexity index is 864. The van der Waals surface area contributed by atoms with Crippen LogP contribution in [0.25, 0.3) is 0 Å². The first-order valence-corrected chi connectivity index (χ1v) is 7.31. The van der Waals surface area contributed by atoms with Crippen LogP contribution in [0.15, 0.2) is 36.4 Å². The van der Waals surface area contributed by atoms with Gasteiger partial charge >= 0.3 is 12.1 Å². The molecule has 0 aliphatic heterocycles. The molecule has 2 rings (SSSR count). The second-order valence-corrected chi connectivity index (χ2v) is 4.98. The maximum Gasteiger partial charge on any atom is 0.420 e. The summed E-state index contributed by atoms with van der Waals surface area (Å²) in [5, 5.41) is 24.0. The van der Waals surface area contributed by atoms with E-state index in [0.29, 0.717) is 5.75 Å². The molecule has 0 aliphatic rings. The van der Waals surface area contributed by atoms with Crippen LogP contribution in [-0.2, 0) is 0 Å². The summed E-state index contributed by atoms with van der Waals surface area (Å²) >= 11 is 0. The Balaban J connectivity index is 2.20. The Kier molecular flexibility index (Phi) is 5.63. The molecule has 0 atom stereocenters. The normalized spacial score (nSPS) is 9.92. The van der Waals surface area contributed by atoms with Gasteiger partial charge in [-0.1, -0.05) is 0 Å². The molecule has 4 N–H and O–H groups in total. The molecule has 0 aliphatic carbocycles. The summed E-state index contributed by atoms with van der Waals surface area (Å²) in [7, 11) is 2.74. The fourth-order valence-corrected chi connectivity index (χ4v) is 2.03. The Hall–Kier alpha value is -3.75. The maximum absolute atomic E-state index is 12.5. The fourth-order valence-electron chi connectivity index (χ4n) is 2.03. The third kappa shape index (κ3) is 4.20. The second kappa shape index (κ2) is 7.88. The number of ether oxygens (including phenoxy) is 2. The summed E-state index contributed by atoms with van der Waals surface area (Å²) in [6.45, 7) is 0. The van der Waals surface area contributed by atoms with Crippen LogP contribution in [0.1, 0.15) is 15.9 Å². The molecule has 9 heteroatoms. The molecular formula is C17H16N2O7. The van der Waals surface area contributed by atoms with Crippen molar-refractivity contribution < 1.29 is 34.1 Å². The number of hydrogen-bond acceptors (Lipinski definition) is 7. The van der Waals surface area contributed by atoms with Crippen LogP contribution in [0, 0.1) is 0 Å². The van der Waals surface area contributed by atoms with E-state index >= 15 is 0 Å². The van der Waals surface area contributed by atoms with Gasteiger partial charge in [0.1, 0.15) is 23.0 Å². The lowest BCUT2D eigenvalue weighted by Gasteiger charge is -2.09. The van der Waals surface area contributed by atoms with E-state index in [4.69, 9.17) is 9.47 Å². The van der Waals surface area contributed by atoms with Gasteiger partial charge in [-0.05, 0) is 24.3 Å². The zero-order chi connectivity index (χ0) is 19.3. The van der Waals surface area contributed by atoms with Gasteiger partial charge in [0.25, 0.3) is 0 Å². The van der Waals surface area contributed by atoms with Crippen LogP contribution in [-0.4, -0.2) is 42.3 Å². The molecule has 9 nitrogen and oxygen atoms in total. The molecular weight excluding hydrogens is 344 g/mol. The Morgan fingerprint density at radius 1 is 0.923 bits per heavy atom. The quantitative estimate of drug-likeness (QED) is 0.610. The number of carbonyl (C=O) groups is 3. The van der Waals surface area contributed by atoms with E-state index in [1.165, 1.54) is 44.5 Å². The summed E-state index contributed by atoms with van der Waals surface area (Å²) in [6, 6.07) is 6.88. The number of methoxy groups -OCH3 is 1. The molecule has 0 spiro atoms. The van der Waals surface area contributed by atoms with Crippen LogP contribution in [0.5, 0.6) is 23.0 Å². The lowest BCUT2D eigenvalue weighted by atomic mass is 10.0. The fraction of sp³-hybridized carbons (Fsp3) is 0.118. The van der Waals surface area contributed by atoms with Crippen molar-refractivity contribution in [2.24, 2.45) is 0 Å². The van der Waals surface area contributed by atoms with Crippen LogP contribution in [0.4, 0.5) is 9.59 Å². The van der Waals surface area contributed by atoms with Gasteiger partial charge in [0.2, 0.25) is 0 Å². The number of amides is 3. The first kappa shape index (κ1) is 18.6. The van der Waals surface area contributed by atoms with E-state index < -0.39 is 23.7 Å². The first-order valence-electron chi connectivity index (χ1n) is 7.31. The highest BCUT2D eigenvalue weighted by Gasteiger charge is 2.19. The highest BCUT2D eigenvalue weighted by atomic mass is 16.6. The van der Waals surface area contributed by atoms with E-state index in [-0.39, 0.29) is 22.6 Å². The minimum Gasteiger partial charge on any atom is -0.507 e. The van der Waals surface area contributed by atoms with Gasteiger partial charge < -0.3 is 25.0 Å². The molecule has 136 valence electrons. The number of phenolic OH excluding ortho intramolecular Hbond substituents is 2. The van der Waals surface area contributed by atoms with Gasteiger partial charge in [0, 0.05) is 19.2 Å². The van der Waals surface area contributed by atoms with Crippen LogP contribution in [0.3, 0.4) is 0 Å². The zero-order valence-corrected chi connectivity index (χ0v) is 13.9. The van der Waals surface area contributed by atoms with Crippen LogP contribution in [0.2, 0.25) is 0 Å². The Labute approximate surface area is 148 Å². The third-order valence-corrected chi connectivity index (χ3v) is 3.32. The molecule has 3 amide bonds. The number of phenols is 2. The number of nitrogens with one attached hydrogen (secondary N) is 2. The average molecular weight is 360 g/mol. The van der Waals surface area contributed by atoms with Crippen molar-refractivity contribution >= 4 is 17.9 Å². The van der Waals surface area contributed by atoms with Crippen molar-refractivity contribution in [1.82, 2.24) is 10.6 Å². The van der Waals surface area contributed by atoms with Crippen molar-refractivity contribution in [1.29, 1.82) is 0 Å². The molecule has 26 heavy (non-hydrogen) atoms. The third-order valence-electron chi connectivity index (χ3n) is 3.32. The lowest BCUT2D eigenvalue weighted by molar-refractivity contribution is 0.103. The van der Waals surface area contributed by atoms with Crippen molar-refractivity contribution in [3.63, 3.8) is 0 Å². The average Bonchev–Trinajstić information content (AvgIpc) is 2.60. The molecule has 0 fully saturated rings. The minimum atomic E-state index is -1.06. The summed E-state index contributed by atoms with van der Waals surface area (Å²) < 4.78 is 9.76. The second-order valence-electron chi connectivity index (χ2n) is 4.98. The molecule has 2 aromatic rings. The summed E-state index contributed by atoms with van der Waals surface area (Å²) in [4.78, 5) is 34.9. The van der Waals surface area contributed by atoms with Gasteiger partial charge in [-0.25, -0.2) is 14.9 Å². The minimum absolute atomic E-state index is 0.0351. The van der Waals surface area contributed by atoms with Crippen molar-refractivity contribution in [3.8, 4) is 23.0 Å². The number of carbonyl (C=O) groups excluding carboxylic acids is 3. The molecule has 0 saturated heterocycles. The molecule has 0 unspecified atom stereocenters. The highest BCUT2D eigenvalue weighted by Crippen LogP contribution is 2.30. The number of rotatable bonds is 4. The standard InChI is InChI=1S/C17H16N2O7/c1-18-16(23)19-17(24)26-10-4-6-12(14(21)8-10)15(22)11-5-3-9(25-2)7-13(11)20/h3-8,20-21H,1-2H3,(H2,18,19,23,24). The van der Waals surface area contributed by atoms with E-state index in [0.717, 1.165) is 6.07 Å². The summed E-state index contributed by atoms with van der Waals surface area (Å²) in [5.41, 5.74) is -0.142. The van der Waals surface area contributed by atoms with Crippen LogP contribution < -0.4 is 20.1 Å². The number of ketones is 1. The zero-order valence-electron chi connectivity index (χ0n) is 13.9. The smallest absolute Gasteiger partial charge is 0.420 e. The predicted molar refractivity (Wildman–Crippen MR) is 89.8 cm³/mol. The highest BCUT2D eigenvalue weighted by molar-refractivity contribution is 6.12. The molecule has 0 saturated carbocycles. The molecule has 0 aromatic heterocycles. The topological polar surface area (TPSA) is 134 Å². The van der Waals surface area contributed by atoms with Crippen molar-refractivity contribution in [2.45, 2.75) is 0 Å². The number of benzene rings is 2. The van der Waals surface area contributed by atoms with Crippen LogP contribution >= 0.6 is 0 Å². The van der Waals surface area contributed by atoms with Gasteiger partial charge in [-0.3, -0.25) is 4.79 Å². The van der Waals surface area contributed by atoms with Gasteiger partial charge in [0.05, 0.1) is 18.2 Å². The van der Waals surface area contributed by atoms with Crippen molar-refractivity contribution in [2.75, 3.05) is 14.2 Å². The van der Waals surface area contributed by atoms with E-state index in [9.17, 15) is 24.6 Å².